The fraction of sp³-hybridized carbons (Fsp3) is 0.455. The number of fused-ring (bicyclic) bond motifs is 1. The molecule has 0 spiro atoms. The standard InChI is InChI=1S/C11H14N2/c1-8(2)11-7-12-9-5-3-4-6-10(9)13-11/h3-10H,1-2H3. The van der Waals surface area contributed by atoms with Crippen LogP contribution in [0.2, 0.25) is 0 Å². The molecule has 2 rings (SSSR count). The summed E-state index contributed by atoms with van der Waals surface area (Å²) >= 11 is 0. The lowest BCUT2D eigenvalue weighted by atomic mass is 10.00. The molecule has 0 aromatic carbocycles. The molecule has 0 fully saturated rings. The second-order valence-electron chi connectivity index (χ2n) is 3.74. The summed E-state index contributed by atoms with van der Waals surface area (Å²) in [5.74, 6) is 0.476. The van der Waals surface area contributed by atoms with Crippen LogP contribution in [0, 0.1) is 5.92 Å². The molecule has 0 aromatic rings. The van der Waals surface area contributed by atoms with Crippen LogP contribution in [0.25, 0.3) is 0 Å². The van der Waals surface area contributed by atoms with E-state index in [1.807, 2.05) is 18.4 Å². The Hall–Kier alpha value is -1.18. The summed E-state index contributed by atoms with van der Waals surface area (Å²) in [5.41, 5.74) is 1.11. The average Bonchev–Trinajstić information content (AvgIpc) is 2.17. The molecule has 1 aliphatic carbocycles. The quantitative estimate of drug-likeness (QED) is 0.581. The van der Waals surface area contributed by atoms with E-state index in [0.29, 0.717) is 5.92 Å². The monoisotopic (exact) mass is 174 g/mol. The van der Waals surface area contributed by atoms with Crippen molar-refractivity contribution in [3.8, 4) is 0 Å². The fourth-order valence-corrected chi connectivity index (χ4v) is 1.51. The van der Waals surface area contributed by atoms with E-state index in [0.717, 1.165) is 5.71 Å². The number of nitrogens with zero attached hydrogens (tertiary/aromatic N) is 2. The van der Waals surface area contributed by atoms with E-state index in [-0.39, 0.29) is 12.1 Å². The highest BCUT2D eigenvalue weighted by atomic mass is 14.9. The maximum Gasteiger partial charge on any atom is 0.0946 e. The minimum atomic E-state index is 0.243. The minimum Gasteiger partial charge on any atom is -0.281 e. The number of rotatable bonds is 1. The summed E-state index contributed by atoms with van der Waals surface area (Å²) in [4.78, 5) is 9.09. The maximum atomic E-state index is 4.63. The van der Waals surface area contributed by atoms with Gasteiger partial charge in [0, 0.05) is 6.21 Å². The molecule has 1 heterocycles. The Bertz CT molecular complexity index is 308. The van der Waals surface area contributed by atoms with Gasteiger partial charge < -0.3 is 0 Å². The van der Waals surface area contributed by atoms with Crippen molar-refractivity contribution in [2.75, 3.05) is 0 Å². The van der Waals surface area contributed by atoms with E-state index in [9.17, 15) is 0 Å². The molecule has 1 aliphatic heterocycles. The van der Waals surface area contributed by atoms with Crippen LogP contribution in [0.3, 0.4) is 0 Å². The van der Waals surface area contributed by atoms with Gasteiger partial charge in [-0.2, -0.15) is 0 Å². The van der Waals surface area contributed by atoms with Gasteiger partial charge in [-0.3, -0.25) is 9.98 Å². The third kappa shape index (κ3) is 1.62. The van der Waals surface area contributed by atoms with E-state index < -0.39 is 0 Å². The third-order valence-corrected chi connectivity index (χ3v) is 2.35. The molecule has 0 amide bonds. The van der Waals surface area contributed by atoms with Crippen LogP contribution in [0.5, 0.6) is 0 Å². The van der Waals surface area contributed by atoms with Crippen molar-refractivity contribution in [1.29, 1.82) is 0 Å². The van der Waals surface area contributed by atoms with Gasteiger partial charge in [0.2, 0.25) is 0 Å². The zero-order valence-electron chi connectivity index (χ0n) is 8.01. The number of aliphatic imine (C=N–C) groups is 2. The van der Waals surface area contributed by atoms with E-state index in [2.05, 4.69) is 36.0 Å². The predicted octanol–water partition coefficient (Wildman–Crippen LogP) is 2.03. The first-order valence-corrected chi connectivity index (χ1v) is 4.73. The van der Waals surface area contributed by atoms with Crippen LogP contribution in [0.1, 0.15) is 13.8 Å². The molecule has 0 aromatic heterocycles. The van der Waals surface area contributed by atoms with Crippen LogP contribution in [0.4, 0.5) is 0 Å². The molecule has 0 N–H and O–H groups in total. The molecule has 0 bridgehead atoms. The second kappa shape index (κ2) is 3.29. The summed E-state index contributed by atoms with van der Waals surface area (Å²) < 4.78 is 0. The Kier molecular flexibility index (Phi) is 2.13. The van der Waals surface area contributed by atoms with Crippen LogP contribution in [-0.4, -0.2) is 24.0 Å². The first-order valence-electron chi connectivity index (χ1n) is 4.73. The zero-order chi connectivity index (χ0) is 9.26. The van der Waals surface area contributed by atoms with Gasteiger partial charge in [-0.05, 0) is 5.92 Å². The molecule has 2 atom stereocenters. The zero-order valence-corrected chi connectivity index (χ0v) is 8.01. The van der Waals surface area contributed by atoms with E-state index >= 15 is 0 Å². The largest absolute Gasteiger partial charge is 0.281 e. The van der Waals surface area contributed by atoms with Crippen LogP contribution >= 0.6 is 0 Å². The van der Waals surface area contributed by atoms with Gasteiger partial charge >= 0.3 is 0 Å². The van der Waals surface area contributed by atoms with Gasteiger partial charge in [-0.15, -0.1) is 0 Å². The SMILES string of the molecule is CC(C)C1=NC2C=CC=CC2N=C1. The molecule has 2 nitrogen and oxygen atoms in total. The second-order valence-corrected chi connectivity index (χ2v) is 3.74. The highest BCUT2D eigenvalue weighted by Crippen LogP contribution is 2.16. The van der Waals surface area contributed by atoms with Crippen molar-refractivity contribution < 1.29 is 0 Å². The van der Waals surface area contributed by atoms with Gasteiger partial charge in [0.25, 0.3) is 0 Å². The summed E-state index contributed by atoms with van der Waals surface area (Å²) in [7, 11) is 0. The van der Waals surface area contributed by atoms with E-state index in [1.165, 1.54) is 0 Å². The molecule has 0 saturated carbocycles. The van der Waals surface area contributed by atoms with E-state index in [1.54, 1.807) is 0 Å². The van der Waals surface area contributed by atoms with Crippen molar-refractivity contribution in [2.45, 2.75) is 25.9 Å². The molecule has 2 aliphatic rings. The van der Waals surface area contributed by atoms with Crippen molar-refractivity contribution in [1.82, 2.24) is 0 Å². The average molecular weight is 174 g/mol. The third-order valence-electron chi connectivity index (χ3n) is 2.35. The van der Waals surface area contributed by atoms with Crippen LogP contribution in [-0.2, 0) is 0 Å². The molecule has 68 valence electrons. The molecule has 2 unspecified atom stereocenters. The van der Waals surface area contributed by atoms with Crippen molar-refractivity contribution in [2.24, 2.45) is 15.9 Å². The van der Waals surface area contributed by atoms with Crippen molar-refractivity contribution in [3.63, 3.8) is 0 Å². The first kappa shape index (κ1) is 8.42. The maximum absolute atomic E-state index is 4.63. The molecule has 0 saturated heterocycles. The lowest BCUT2D eigenvalue weighted by molar-refractivity contribution is 0.688. The fourth-order valence-electron chi connectivity index (χ4n) is 1.51. The Balaban J connectivity index is 2.22. The van der Waals surface area contributed by atoms with Gasteiger partial charge in [-0.1, -0.05) is 38.2 Å². The van der Waals surface area contributed by atoms with Crippen molar-refractivity contribution >= 4 is 11.9 Å². The topological polar surface area (TPSA) is 24.7 Å². The van der Waals surface area contributed by atoms with Crippen LogP contribution in [0.15, 0.2) is 34.3 Å². The molecular weight excluding hydrogens is 160 g/mol. The smallest absolute Gasteiger partial charge is 0.0946 e. The van der Waals surface area contributed by atoms with Crippen LogP contribution < -0.4 is 0 Å². The van der Waals surface area contributed by atoms with Crippen molar-refractivity contribution in [3.05, 3.63) is 24.3 Å². The molecular formula is C11H14N2. The Morgan fingerprint density at radius 3 is 2.54 bits per heavy atom. The Labute approximate surface area is 78.8 Å². The summed E-state index contributed by atoms with van der Waals surface area (Å²) in [6.07, 6.45) is 10.2. The number of allylic oxidation sites excluding steroid dienone is 2. The molecule has 2 heteroatoms. The normalized spacial score (nSPS) is 30.5. The van der Waals surface area contributed by atoms with Gasteiger partial charge in [0.1, 0.15) is 0 Å². The summed E-state index contributed by atoms with van der Waals surface area (Å²) in [6, 6.07) is 0.486. The molecule has 13 heavy (non-hydrogen) atoms. The summed E-state index contributed by atoms with van der Waals surface area (Å²) in [5, 5.41) is 0. The number of hydrogen-bond donors (Lipinski definition) is 0. The summed E-state index contributed by atoms with van der Waals surface area (Å²) in [6.45, 7) is 4.29. The highest BCUT2D eigenvalue weighted by molar-refractivity contribution is 6.31. The first-order chi connectivity index (χ1) is 6.27. The Morgan fingerprint density at radius 1 is 1.15 bits per heavy atom. The lowest BCUT2D eigenvalue weighted by Crippen LogP contribution is -2.28. The number of hydrogen-bond acceptors (Lipinski definition) is 2. The minimum absolute atomic E-state index is 0.243. The predicted molar refractivity (Wildman–Crippen MR) is 56.6 cm³/mol. The van der Waals surface area contributed by atoms with E-state index in [4.69, 9.17) is 0 Å². The molecule has 0 radical (unpaired) electrons. The Morgan fingerprint density at radius 2 is 1.85 bits per heavy atom. The van der Waals surface area contributed by atoms with Gasteiger partial charge in [0.05, 0.1) is 17.8 Å². The van der Waals surface area contributed by atoms with Gasteiger partial charge in [0.15, 0.2) is 0 Å². The van der Waals surface area contributed by atoms with Gasteiger partial charge in [-0.25, -0.2) is 0 Å². The highest BCUT2D eigenvalue weighted by Gasteiger charge is 2.20. The lowest BCUT2D eigenvalue weighted by Gasteiger charge is -2.22.